The summed E-state index contributed by atoms with van der Waals surface area (Å²) in [7, 11) is 1.63. The van der Waals surface area contributed by atoms with Gasteiger partial charge in [0.1, 0.15) is 12.5 Å². The van der Waals surface area contributed by atoms with E-state index in [-0.39, 0.29) is 0 Å². The average molecular weight is 153 g/mol. The molecule has 0 fully saturated rings. The second kappa shape index (κ2) is 5.41. The lowest BCUT2D eigenvalue weighted by atomic mass is 10.4. The second-order valence-corrected chi connectivity index (χ2v) is 1.84. The summed E-state index contributed by atoms with van der Waals surface area (Å²) in [5.74, 6) is 0.806. The SMILES string of the molecule is C=O.COc1ccc(C)nc1. The lowest BCUT2D eigenvalue weighted by Crippen LogP contribution is -1.84. The molecule has 0 spiro atoms. The van der Waals surface area contributed by atoms with Gasteiger partial charge in [0.05, 0.1) is 13.3 Å². The van der Waals surface area contributed by atoms with Crippen molar-refractivity contribution in [2.45, 2.75) is 6.92 Å². The number of hydrogen-bond donors (Lipinski definition) is 0. The molecule has 0 saturated heterocycles. The minimum Gasteiger partial charge on any atom is -0.495 e. The Bertz CT molecular complexity index is 196. The van der Waals surface area contributed by atoms with Crippen LogP contribution < -0.4 is 4.74 Å². The van der Waals surface area contributed by atoms with Crippen molar-refractivity contribution in [1.82, 2.24) is 4.98 Å². The Morgan fingerprint density at radius 1 is 1.45 bits per heavy atom. The number of ether oxygens (including phenoxy) is 1. The van der Waals surface area contributed by atoms with E-state index in [1.807, 2.05) is 25.8 Å². The summed E-state index contributed by atoms with van der Waals surface area (Å²) in [5.41, 5.74) is 1.01. The molecule has 0 N–H and O–H groups in total. The highest BCUT2D eigenvalue weighted by Crippen LogP contribution is 2.06. The molecule has 11 heavy (non-hydrogen) atoms. The van der Waals surface area contributed by atoms with E-state index in [4.69, 9.17) is 9.53 Å². The molecule has 0 bridgehead atoms. The van der Waals surface area contributed by atoms with E-state index in [9.17, 15) is 0 Å². The Balaban J connectivity index is 0.000000461. The van der Waals surface area contributed by atoms with E-state index in [1.165, 1.54) is 0 Å². The van der Waals surface area contributed by atoms with Gasteiger partial charge in [-0.05, 0) is 19.1 Å². The average Bonchev–Trinajstić information content (AvgIpc) is 2.10. The van der Waals surface area contributed by atoms with E-state index >= 15 is 0 Å². The van der Waals surface area contributed by atoms with Crippen molar-refractivity contribution >= 4 is 6.79 Å². The maximum absolute atomic E-state index is 8.00. The lowest BCUT2D eigenvalue weighted by molar-refractivity contribution is -0.0979. The van der Waals surface area contributed by atoms with Crippen LogP contribution in [-0.4, -0.2) is 18.9 Å². The van der Waals surface area contributed by atoms with Crippen molar-refractivity contribution in [2.24, 2.45) is 0 Å². The summed E-state index contributed by atoms with van der Waals surface area (Å²) in [6, 6.07) is 3.81. The highest BCUT2D eigenvalue weighted by Gasteiger charge is 1.86. The Hall–Kier alpha value is -1.38. The quantitative estimate of drug-likeness (QED) is 0.608. The van der Waals surface area contributed by atoms with Gasteiger partial charge in [-0.25, -0.2) is 0 Å². The molecule has 1 aromatic heterocycles. The number of nitrogens with zero attached hydrogens (tertiary/aromatic N) is 1. The van der Waals surface area contributed by atoms with Gasteiger partial charge in [-0.3, -0.25) is 4.98 Å². The number of rotatable bonds is 1. The van der Waals surface area contributed by atoms with Gasteiger partial charge >= 0.3 is 0 Å². The first kappa shape index (κ1) is 9.62. The van der Waals surface area contributed by atoms with Crippen molar-refractivity contribution in [3.63, 3.8) is 0 Å². The maximum atomic E-state index is 8.00. The van der Waals surface area contributed by atoms with Crippen LogP contribution in [0.2, 0.25) is 0 Å². The number of methoxy groups -OCH3 is 1. The van der Waals surface area contributed by atoms with Crippen molar-refractivity contribution in [3.05, 3.63) is 24.0 Å². The number of aromatic nitrogens is 1. The molecule has 60 valence electrons. The summed E-state index contributed by atoms with van der Waals surface area (Å²) in [5, 5.41) is 0. The Morgan fingerprint density at radius 2 is 2.09 bits per heavy atom. The third-order valence-corrected chi connectivity index (χ3v) is 1.12. The molecule has 1 heterocycles. The summed E-state index contributed by atoms with van der Waals surface area (Å²) < 4.78 is 4.91. The van der Waals surface area contributed by atoms with Gasteiger partial charge in [0, 0.05) is 5.69 Å². The Morgan fingerprint density at radius 3 is 2.45 bits per heavy atom. The third-order valence-electron chi connectivity index (χ3n) is 1.12. The van der Waals surface area contributed by atoms with E-state index in [2.05, 4.69) is 4.98 Å². The number of hydrogen-bond acceptors (Lipinski definition) is 3. The highest BCUT2D eigenvalue weighted by atomic mass is 16.5. The fraction of sp³-hybridized carbons (Fsp3) is 0.250. The fourth-order valence-corrected chi connectivity index (χ4v) is 0.575. The van der Waals surface area contributed by atoms with Crippen molar-refractivity contribution in [2.75, 3.05) is 7.11 Å². The van der Waals surface area contributed by atoms with Gasteiger partial charge in [0.2, 0.25) is 0 Å². The van der Waals surface area contributed by atoms with Crippen LogP contribution in [0.15, 0.2) is 18.3 Å². The summed E-state index contributed by atoms with van der Waals surface area (Å²) in [6.07, 6.45) is 1.70. The number of aryl methyl sites for hydroxylation is 1. The maximum Gasteiger partial charge on any atom is 0.137 e. The molecule has 0 radical (unpaired) electrons. The van der Waals surface area contributed by atoms with Crippen molar-refractivity contribution in [1.29, 1.82) is 0 Å². The molecule has 0 unspecified atom stereocenters. The van der Waals surface area contributed by atoms with Gasteiger partial charge in [-0.15, -0.1) is 0 Å². The van der Waals surface area contributed by atoms with Gasteiger partial charge < -0.3 is 9.53 Å². The molecule has 0 atom stereocenters. The normalized spacial score (nSPS) is 7.82. The van der Waals surface area contributed by atoms with Crippen LogP contribution in [0, 0.1) is 6.92 Å². The number of pyridine rings is 1. The first-order chi connectivity index (χ1) is 5.33. The second-order valence-electron chi connectivity index (χ2n) is 1.84. The van der Waals surface area contributed by atoms with Crippen LogP contribution in [-0.2, 0) is 4.79 Å². The molecular formula is C8H11NO2. The van der Waals surface area contributed by atoms with E-state index in [0.717, 1.165) is 11.4 Å². The molecule has 3 nitrogen and oxygen atoms in total. The number of carbonyl (C=O) groups excluding carboxylic acids is 1. The molecule has 1 aromatic rings. The topological polar surface area (TPSA) is 39.2 Å². The van der Waals surface area contributed by atoms with E-state index in [0.29, 0.717) is 0 Å². The molecule has 0 aliphatic heterocycles. The summed E-state index contributed by atoms with van der Waals surface area (Å²) in [6.45, 7) is 3.94. The molecule has 3 heteroatoms. The first-order valence-corrected chi connectivity index (χ1v) is 3.08. The zero-order chi connectivity index (χ0) is 8.69. The summed E-state index contributed by atoms with van der Waals surface area (Å²) >= 11 is 0. The third kappa shape index (κ3) is 3.35. The minimum absolute atomic E-state index is 0.806. The van der Waals surface area contributed by atoms with Crippen LogP contribution >= 0.6 is 0 Å². The molecule has 1 rings (SSSR count). The smallest absolute Gasteiger partial charge is 0.137 e. The van der Waals surface area contributed by atoms with Crippen LogP contribution in [0.4, 0.5) is 0 Å². The van der Waals surface area contributed by atoms with Gasteiger partial charge in [-0.1, -0.05) is 0 Å². The van der Waals surface area contributed by atoms with E-state index in [1.54, 1.807) is 13.3 Å². The predicted molar refractivity (Wildman–Crippen MR) is 42.6 cm³/mol. The number of carbonyl (C=O) groups is 1. The van der Waals surface area contributed by atoms with Gasteiger partial charge in [0.15, 0.2) is 0 Å². The zero-order valence-corrected chi connectivity index (χ0v) is 6.70. The first-order valence-electron chi connectivity index (χ1n) is 3.08. The lowest BCUT2D eigenvalue weighted by Gasteiger charge is -1.96. The molecule has 0 aromatic carbocycles. The largest absolute Gasteiger partial charge is 0.495 e. The summed E-state index contributed by atoms with van der Waals surface area (Å²) in [4.78, 5) is 12.0. The predicted octanol–water partition coefficient (Wildman–Crippen LogP) is 1.21. The van der Waals surface area contributed by atoms with Crippen LogP contribution in [0.5, 0.6) is 5.75 Å². The molecule has 0 aliphatic carbocycles. The Labute approximate surface area is 66.0 Å². The van der Waals surface area contributed by atoms with Gasteiger partial charge in [0.25, 0.3) is 0 Å². The zero-order valence-electron chi connectivity index (χ0n) is 6.70. The molecule has 0 saturated carbocycles. The monoisotopic (exact) mass is 153 g/mol. The molecule has 0 amide bonds. The van der Waals surface area contributed by atoms with Crippen LogP contribution in [0.25, 0.3) is 0 Å². The van der Waals surface area contributed by atoms with E-state index < -0.39 is 0 Å². The fourth-order valence-electron chi connectivity index (χ4n) is 0.575. The van der Waals surface area contributed by atoms with Crippen LogP contribution in [0.1, 0.15) is 5.69 Å². The van der Waals surface area contributed by atoms with Crippen LogP contribution in [0.3, 0.4) is 0 Å². The standard InChI is InChI=1S/C7H9NO.CH2O/c1-6-3-4-7(9-2)5-8-6;1-2/h3-5H,1-2H3;1H2. The van der Waals surface area contributed by atoms with Crippen molar-refractivity contribution < 1.29 is 9.53 Å². The minimum atomic E-state index is 0.806. The highest BCUT2D eigenvalue weighted by molar-refractivity contribution is 5.18. The molecular weight excluding hydrogens is 142 g/mol. The molecule has 0 aliphatic rings. The van der Waals surface area contributed by atoms with Gasteiger partial charge in [-0.2, -0.15) is 0 Å². The Kier molecular flexibility index (Phi) is 4.73. The van der Waals surface area contributed by atoms with Crippen molar-refractivity contribution in [3.8, 4) is 5.75 Å².